The van der Waals surface area contributed by atoms with Crippen LogP contribution < -0.4 is 9.47 Å². The molecule has 0 unspecified atom stereocenters. The highest BCUT2D eigenvalue weighted by Crippen LogP contribution is 2.19. The van der Waals surface area contributed by atoms with Crippen LogP contribution >= 0.6 is 11.3 Å². The van der Waals surface area contributed by atoms with Gasteiger partial charge < -0.3 is 24.8 Å². The van der Waals surface area contributed by atoms with Gasteiger partial charge in [-0.15, -0.1) is 11.3 Å². The van der Waals surface area contributed by atoms with E-state index >= 15 is 0 Å². The zero-order valence-corrected chi connectivity index (χ0v) is 21.2. The van der Waals surface area contributed by atoms with E-state index in [0.717, 1.165) is 9.88 Å². The van der Waals surface area contributed by atoms with Gasteiger partial charge >= 0.3 is 5.97 Å². The van der Waals surface area contributed by atoms with Crippen molar-refractivity contribution >= 4 is 17.3 Å². The van der Waals surface area contributed by atoms with E-state index in [1.54, 1.807) is 6.20 Å². The predicted octanol–water partition coefficient (Wildman–Crippen LogP) is 3.27. The molecule has 0 radical (unpaired) electrons. The van der Waals surface area contributed by atoms with Crippen molar-refractivity contribution in [2.45, 2.75) is 44.4 Å². The van der Waals surface area contributed by atoms with Gasteiger partial charge in [-0.05, 0) is 37.6 Å². The van der Waals surface area contributed by atoms with Crippen LogP contribution in [-0.2, 0) is 17.6 Å². The maximum absolute atomic E-state index is 10.8. The van der Waals surface area contributed by atoms with Gasteiger partial charge in [-0.25, -0.2) is 4.98 Å². The van der Waals surface area contributed by atoms with Crippen LogP contribution in [0.4, 0.5) is 0 Å². The number of ether oxygens (including phenoxy) is 2. The Hall–Kier alpha value is -2.98. The number of rotatable bonds is 16. The van der Waals surface area contributed by atoms with E-state index < -0.39 is 18.2 Å². The highest BCUT2D eigenvalue weighted by molar-refractivity contribution is 7.11. The van der Waals surface area contributed by atoms with Crippen LogP contribution in [0.15, 0.2) is 66.9 Å². The molecule has 36 heavy (non-hydrogen) atoms. The summed E-state index contributed by atoms with van der Waals surface area (Å²) in [7, 11) is 0. The number of aryl methyl sites for hydroxylation is 1. The number of carboxylic acids is 1. The molecule has 3 N–H and O–H groups in total. The highest BCUT2D eigenvalue weighted by atomic mass is 32.1. The maximum Gasteiger partial charge on any atom is 0.303 e. The lowest BCUT2D eigenvalue weighted by Gasteiger charge is -2.32. The molecule has 0 aliphatic heterocycles. The smallest absolute Gasteiger partial charge is 0.303 e. The van der Waals surface area contributed by atoms with Crippen LogP contribution in [0.1, 0.15) is 23.2 Å². The number of hydrogen-bond acceptors (Lipinski definition) is 8. The topological polar surface area (TPSA) is 112 Å². The standard InChI is InChI=1S/C27H34N2O6S/c1-20(14-26-28-15-25(36-26)12-13-27(32)33)29(16-21(30)18-34-23-8-4-2-5-9-23)17-22(31)19-35-24-10-6-3-7-11-24/h2-11,15,20-22,30-31H,12-14,16-19H2,1H3,(H,32,33)/t20-,21+,22+/m1/s1. The fraction of sp³-hybridized carbons (Fsp3) is 0.407. The number of aliphatic hydroxyl groups is 2. The van der Waals surface area contributed by atoms with Crippen LogP contribution in [0.2, 0.25) is 0 Å². The number of hydrogen-bond donors (Lipinski definition) is 3. The van der Waals surface area contributed by atoms with Crippen molar-refractivity contribution in [1.29, 1.82) is 0 Å². The Morgan fingerprint density at radius 3 is 1.97 bits per heavy atom. The molecule has 3 rings (SSSR count). The number of para-hydroxylation sites is 2. The average molecular weight is 515 g/mol. The van der Waals surface area contributed by atoms with Crippen molar-refractivity contribution in [2.75, 3.05) is 26.3 Å². The van der Waals surface area contributed by atoms with Gasteiger partial charge in [0.2, 0.25) is 0 Å². The van der Waals surface area contributed by atoms with Crippen LogP contribution in [0.3, 0.4) is 0 Å². The first kappa shape index (κ1) is 27.6. The summed E-state index contributed by atoms with van der Waals surface area (Å²) in [6.45, 7) is 2.87. The molecule has 0 aliphatic rings. The van der Waals surface area contributed by atoms with E-state index in [9.17, 15) is 15.0 Å². The molecule has 1 heterocycles. The summed E-state index contributed by atoms with van der Waals surface area (Å²) in [6.07, 6.45) is 1.33. The van der Waals surface area contributed by atoms with Crippen LogP contribution in [0.5, 0.6) is 11.5 Å². The molecular formula is C27H34N2O6S. The summed E-state index contributed by atoms with van der Waals surface area (Å²) in [5, 5.41) is 31.2. The van der Waals surface area contributed by atoms with Crippen LogP contribution in [-0.4, -0.2) is 75.7 Å². The minimum atomic E-state index is -0.831. The zero-order valence-electron chi connectivity index (χ0n) is 20.4. The lowest BCUT2D eigenvalue weighted by atomic mass is 10.1. The fourth-order valence-electron chi connectivity index (χ4n) is 3.67. The lowest BCUT2D eigenvalue weighted by Crippen LogP contribution is -2.46. The lowest BCUT2D eigenvalue weighted by molar-refractivity contribution is -0.136. The number of carboxylic acid groups (broad SMARTS) is 1. The normalized spacial score (nSPS) is 13.8. The molecule has 0 bridgehead atoms. The van der Waals surface area contributed by atoms with E-state index in [1.165, 1.54) is 11.3 Å². The fourth-order valence-corrected chi connectivity index (χ4v) is 4.71. The molecule has 0 saturated heterocycles. The van der Waals surface area contributed by atoms with Gasteiger partial charge in [0.25, 0.3) is 0 Å². The summed E-state index contributed by atoms with van der Waals surface area (Å²) < 4.78 is 11.4. The SMILES string of the molecule is C[C@H](Cc1ncc(CCC(=O)O)s1)N(C[C@H](O)COc1ccccc1)C[C@H](O)COc1ccccc1. The number of carbonyl (C=O) groups is 1. The minimum Gasteiger partial charge on any atom is -0.491 e. The highest BCUT2D eigenvalue weighted by Gasteiger charge is 2.23. The summed E-state index contributed by atoms with van der Waals surface area (Å²) in [6, 6.07) is 18.6. The number of aliphatic hydroxyl groups excluding tert-OH is 2. The second-order valence-electron chi connectivity index (χ2n) is 8.68. The molecule has 2 aromatic carbocycles. The quantitative estimate of drug-likeness (QED) is 0.267. The van der Waals surface area contributed by atoms with E-state index in [-0.39, 0.29) is 25.7 Å². The summed E-state index contributed by atoms with van der Waals surface area (Å²) in [4.78, 5) is 18.2. The van der Waals surface area contributed by atoms with Gasteiger partial charge in [0, 0.05) is 36.6 Å². The molecule has 3 aromatic rings. The Morgan fingerprint density at radius 1 is 0.944 bits per heavy atom. The molecule has 0 aliphatic carbocycles. The monoisotopic (exact) mass is 514 g/mol. The Labute approximate surface area is 215 Å². The van der Waals surface area contributed by atoms with Gasteiger partial charge in [0.05, 0.1) is 11.4 Å². The van der Waals surface area contributed by atoms with Gasteiger partial charge in [-0.3, -0.25) is 9.69 Å². The third-order valence-corrected chi connectivity index (χ3v) is 6.62. The first-order valence-electron chi connectivity index (χ1n) is 12.0. The predicted molar refractivity (Wildman–Crippen MR) is 139 cm³/mol. The third-order valence-electron chi connectivity index (χ3n) is 5.54. The van der Waals surface area contributed by atoms with Gasteiger partial charge in [0.1, 0.15) is 36.9 Å². The largest absolute Gasteiger partial charge is 0.491 e. The molecule has 3 atom stereocenters. The average Bonchev–Trinajstić information content (AvgIpc) is 3.33. The van der Waals surface area contributed by atoms with Crippen molar-refractivity contribution in [2.24, 2.45) is 0 Å². The molecule has 8 nitrogen and oxygen atoms in total. The maximum atomic E-state index is 10.8. The van der Waals surface area contributed by atoms with Crippen molar-refractivity contribution < 1.29 is 29.6 Å². The third kappa shape index (κ3) is 9.94. The Kier molecular flexibility index (Phi) is 11.2. The van der Waals surface area contributed by atoms with Crippen molar-refractivity contribution in [3.63, 3.8) is 0 Å². The zero-order chi connectivity index (χ0) is 25.8. The molecule has 0 amide bonds. The number of nitrogens with zero attached hydrogens (tertiary/aromatic N) is 2. The summed E-state index contributed by atoms with van der Waals surface area (Å²) >= 11 is 1.50. The molecule has 194 valence electrons. The molecular weight excluding hydrogens is 480 g/mol. The first-order chi connectivity index (χ1) is 17.4. The van der Waals surface area contributed by atoms with Gasteiger partial charge in [0.15, 0.2) is 0 Å². The molecule has 0 fully saturated rings. The Bertz CT molecular complexity index is 982. The van der Waals surface area contributed by atoms with E-state index in [2.05, 4.69) is 4.98 Å². The second-order valence-corrected chi connectivity index (χ2v) is 9.88. The van der Waals surface area contributed by atoms with Gasteiger partial charge in [-0.2, -0.15) is 0 Å². The number of thiazole rings is 1. The minimum absolute atomic E-state index is 0.0405. The number of aliphatic carboxylic acids is 1. The molecule has 1 aromatic heterocycles. The van der Waals surface area contributed by atoms with Gasteiger partial charge in [-0.1, -0.05) is 36.4 Å². The number of benzene rings is 2. The van der Waals surface area contributed by atoms with E-state index in [0.29, 0.717) is 37.4 Å². The number of aromatic nitrogens is 1. The van der Waals surface area contributed by atoms with Crippen LogP contribution in [0, 0.1) is 0 Å². The Balaban J connectivity index is 1.59. The molecule has 0 saturated carbocycles. The van der Waals surface area contributed by atoms with Crippen molar-refractivity contribution in [3.05, 3.63) is 76.7 Å². The molecule has 9 heteroatoms. The summed E-state index contributed by atoms with van der Waals surface area (Å²) in [5.41, 5.74) is 0. The van der Waals surface area contributed by atoms with Crippen molar-refractivity contribution in [1.82, 2.24) is 9.88 Å². The second kappa shape index (κ2) is 14.5. The van der Waals surface area contributed by atoms with Crippen molar-refractivity contribution in [3.8, 4) is 11.5 Å². The van der Waals surface area contributed by atoms with E-state index in [4.69, 9.17) is 14.6 Å². The first-order valence-corrected chi connectivity index (χ1v) is 12.8. The van der Waals surface area contributed by atoms with Crippen LogP contribution in [0.25, 0.3) is 0 Å². The molecule has 0 spiro atoms. The Morgan fingerprint density at radius 2 is 1.47 bits per heavy atom. The summed E-state index contributed by atoms with van der Waals surface area (Å²) in [5.74, 6) is 0.538. The van der Waals surface area contributed by atoms with E-state index in [1.807, 2.05) is 72.5 Å².